The molecule has 0 saturated heterocycles. The molecule has 0 radical (unpaired) electrons. The van der Waals surface area contributed by atoms with Crippen molar-refractivity contribution in [2.45, 2.75) is 13.1 Å². The standard InChI is InChI=1S/C19H15ClN6O3/c20-14-6-2-1-5-13(14)11-26-16(8-10-22-26)23-17(27)12-25-18(24-29-19(25)28)15-7-3-4-9-21-15/h1-10H,11-12H2,(H,23,27). The van der Waals surface area contributed by atoms with E-state index in [9.17, 15) is 9.59 Å². The summed E-state index contributed by atoms with van der Waals surface area (Å²) < 4.78 is 7.43. The van der Waals surface area contributed by atoms with Gasteiger partial charge in [-0.15, -0.1) is 0 Å². The van der Waals surface area contributed by atoms with E-state index in [2.05, 4.69) is 20.6 Å². The fourth-order valence-electron chi connectivity index (χ4n) is 2.77. The van der Waals surface area contributed by atoms with Gasteiger partial charge in [0.1, 0.15) is 18.1 Å². The third-order valence-corrected chi connectivity index (χ3v) is 4.51. The van der Waals surface area contributed by atoms with Gasteiger partial charge in [-0.2, -0.15) is 5.10 Å². The van der Waals surface area contributed by atoms with Crippen molar-refractivity contribution in [3.63, 3.8) is 0 Å². The minimum atomic E-state index is -0.745. The molecule has 1 amide bonds. The minimum Gasteiger partial charge on any atom is -0.309 e. The maximum atomic E-state index is 12.6. The highest BCUT2D eigenvalue weighted by atomic mass is 35.5. The number of amides is 1. The molecule has 146 valence electrons. The van der Waals surface area contributed by atoms with Crippen LogP contribution in [0.3, 0.4) is 0 Å². The Hall–Kier alpha value is -3.72. The molecule has 4 rings (SSSR count). The van der Waals surface area contributed by atoms with Crippen molar-refractivity contribution in [1.82, 2.24) is 24.5 Å². The van der Waals surface area contributed by atoms with Gasteiger partial charge in [-0.05, 0) is 23.8 Å². The predicted octanol–water partition coefficient (Wildman–Crippen LogP) is 2.44. The van der Waals surface area contributed by atoms with Crippen LogP contribution in [0.1, 0.15) is 5.56 Å². The second-order valence-electron chi connectivity index (χ2n) is 6.09. The van der Waals surface area contributed by atoms with Crippen LogP contribution in [0.2, 0.25) is 5.02 Å². The SMILES string of the molecule is O=C(Cn1c(-c2ccccn2)noc1=O)Nc1ccnn1Cc1ccccc1Cl. The molecule has 0 unspecified atom stereocenters. The highest BCUT2D eigenvalue weighted by molar-refractivity contribution is 6.31. The van der Waals surface area contributed by atoms with Crippen LogP contribution in [0.25, 0.3) is 11.5 Å². The Bertz CT molecular complexity index is 1200. The number of pyridine rings is 1. The summed E-state index contributed by atoms with van der Waals surface area (Å²) in [7, 11) is 0. The summed E-state index contributed by atoms with van der Waals surface area (Å²) in [5.41, 5.74) is 1.29. The van der Waals surface area contributed by atoms with Gasteiger partial charge in [-0.1, -0.05) is 41.0 Å². The Morgan fingerprint density at radius 1 is 1.10 bits per heavy atom. The number of aromatic nitrogens is 5. The Balaban J connectivity index is 1.51. The van der Waals surface area contributed by atoms with Crippen molar-refractivity contribution in [2.75, 3.05) is 5.32 Å². The average molecular weight is 411 g/mol. The van der Waals surface area contributed by atoms with E-state index in [0.29, 0.717) is 23.1 Å². The summed E-state index contributed by atoms with van der Waals surface area (Å²) in [5.74, 6) is -0.534. The molecule has 0 bridgehead atoms. The van der Waals surface area contributed by atoms with Crippen molar-refractivity contribution in [3.8, 4) is 11.5 Å². The Labute approximate surface area is 169 Å². The first-order valence-corrected chi connectivity index (χ1v) is 9.02. The van der Waals surface area contributed by atoms with Crippen molar-refractivity contribution in [3.05, 3.63) is 82.1 Å². The third-order valence-electron chi connectivity index (χ3n) is 4.14. The zero-order chi connectivity index (χ0) is 20.2. The first-order chi connectivity index (χ1) is 14.1. The molecule has 0 spiro atoms. The monoisotopic (exact) mass is 410 g/mol. The number of nitrogens with zero attached hydrogens (tertiary/aromatic N) is 5. The van der Waals surface area contributed by atoms with E-state index in [-0.39, 0.29) is 12.4 Å². The largest absolute Gasteiger partial charge is 0.442 e. The number of anilines is 1. The van der Waals surface area contributed by atoms with Crippen molar-refractivity contribution in [2.24, 2.45) is 0 Å². The van der Waals surface area contributed by atoms with Gasteiger partial charge in [0, 0.05) is 17.3 Å². The molecule has 0 fully saturated rings. The number of hydrogen-bond donors (Lipinski definition) is 1. The van der Waals surface area contributed by atoms with Crippen LogP contribution in [-0.2, 0) is 17.9 Å². The fraction of sp³-hybridized carbons (Fsp3) is 0.105. The fourth-order valence-corrected chi connectivity index (χ4v) is 2.96. The third kappa shape index (κ3) is 4.09. The number of benzene rings is 1. The predicted molar refractivity (Wildman–Crippen MR) is 105 cm³/mol. The van der Waals surface area contributed by atoms with Crippen molar-refractivity contribution < 1.29 is 9.32 Å². The summed E-state index contributed by atoms with van der Waals surface area (Å²) in [6.07, 6.45) is 3.13. The topological polar surface area (TPSA) is 108 Å². The number of hydrogen-bond acceptors (Lipinski definition) is 6. The average Bonchev–Trinajstić information content (AvgIpc) is 3.31. The van der Waals surface area contributed by atoms with Crippen LogP contribution >= 0.6 is 11.6 Å². The summed E-state index contributed by atoms with van der Waals surface area (Å²) >= 11 is 6.20. The van der Waals surface area contributed by atoms with Crippen LogP contribution in [0.15, 0.2) is 70.2 Å². The lowest BCUT2D eigenvalue weighted by atomic mass is 10.2. The van der Waals surface area contributed by atoms with Gasteiger partial charge < -0.3 is 5.32 Å². The van der Waals surface area contributed by atoms with E-state index in [1.807, 2.05) is 18.2 Å². The second-order valence-corrected chi connectivity index (χ2v) is 6.49. The second kappa shape index (κ2) is 8.11. The molecule has 0 atom stereocenters. The maximum Gasteiger partial charge on any atom is 0.442 e. The van der Waals surface area contributed by atoms with E-state index >= 15 is 0 Å². The molecule has 10 heteroatoms. The molecule has 29 heavy (non-hydrogen) atoms. The molecular formula is C19H15ClN6O3. The van der Waals surface area contributed by atoms with E-state index in [1.54, 1.807) is 47.4 Å². The summed E-state index contributed by atoms with van der Waals surface area (Å²) in [5, 5.41) is 11.3. The number of halogens is 1. The van der Waals surface area contributed by atoms with E-state index < -0.39 is 11.7 Å². The Morgan fingerprint density at radius 2 is 1.93 bits per heavy atom. The first kappa shape index (κ1) is 18.6. The molecule has 1 N–H and O–H groups in total. The lowest BCUT2D eigenvalue weighted by Crippen LogP contribution is -2.26. The van der Waals surface area contributed by atoms with Gasteiger partial charge in [-0.3, -0.25) is 14.3 Å². The molecule has 0 aliphatic rings. The zero-order valence-corrected chi connectivity index (χ0v) is 15.8. The van der Waals surface area contributed by atoms with Crippen LogP contribution in [0.4, 0.5) is 5.82 Å². The van der Waals surface area contributed by atoms with Crippen LogP contribution in [0.5, 0.6) is 0 Å². The van der Waals surface area contributed by atoms with Gasteiger partial charge in [0.2, 0.25) is 11.7 Å². The van der Waals surface area contributed by atoms with Gasteiger partial charge in [0.05, 0.1) is 12.7 Å². The van der Waals surface area contributed by atoms with E-state index in [4.69, 9.17) is 16.1 Å². The Morgan fingerprint density at radius 3 is 2.72 bits per heavy atom. The van der Waals surface area contributed by atoms with Gasteiger partial charge >= 0.3 is 5.76 Å². The van der Waals surface area contributed by atoms with Gasteiger partial charge in [0.15, 0.2) is 0 Å². The van der Waals surface area contributed by atoms with E-state index in [1.165, 1.54) is 0 Å². The summed E-state index contributed by atoms with van der Waals surface area (Å²) in [6, 6.07) is 14.2. The zero-order valence-electron chi connectivity index (χ0n) is 15.0. The normalized spacial score (nSPS) is 10.8. The first-order valence-electron chi connectivity index (χ1n) is 8.65. The van der Waals surface area contributed by atoms with Crippen LogP contribution in [0, 0.1) is 0 Å². The number of carbonyl (C=O) groups is 1. The molecule has 3 aromatic heterocycles. The highest BCUT2D eigenvalue weighted by Crippen LogP contribution is 2.18. The van der Waals surface area contributed by atoms with E-state index in [0.717, 1.165) is 10.1 Å². The molecular weight excluding hydrogens is 396 g/mol. The molecule has 0 aliphatic carbocycles. The van der Waals surface area contributed by atoms with Crippen LogP contribution < -0.4 is 11.1 Å². The highest BCUT2D eigenvalue weighted by Gasteiger charge is 2.17. The van der Waals surface area contributed by atoms with Crippen LogP contribution in [-0.4, -0.2) is 30.4 Å². The number of nitrogens with one attached hydrogen (secondary N) is 1. The van der Waals surface area contributed by atoms with Crippen molar-refractivity contribution >= 4 is 23.3 Å². The lowest BCUT2D eigenvalue weighted by molar-refractivity contribution is -0.116. The molecule has 9 nitrogen and oxygen atoms in total. The maximum absolute atomic E-state index is 12.6. The smallest absolute Gasteiger partial charge is 0.309 e. The molecule has 4 aromatic rings. The quantitative estimate of drug-likeness (QED) is 0.523. The lowest BCUT2D eigenvalue weighted by Gasteiger charge is -2.10. The molecule has 0 saturated carbocycles. The number of rotatable bonds is 6. The molecule has 3 heterocycles. The molecule has 0 aliphatic heterocycles. The summed E-state index contributed by atoms with van der Waals surface area (Å²) in [6.45, 7) is 0.0974. The minimum absolute atomic E-state index is 0.176. The van der Waals surface area contributed by atoms with Crippen molar-refractivity contribution in [1.29, 1.82) is 0 Å². The van der Waals surface area contributed by atoms with Gasteiger partial charge in [-0.25, -0.2) is 14.0 Å². The van der Waals surface area contributed by atoms with Gasteiger partial charge in [0.25, 0.3) is 0 Å². The number of carbonyl (C=O) groups excluding carboxylic acids is 1. The Kier molecular flexibility index (Phi) is 5.21. The molecule has 1 aromatic carbocycles. The summed E-state index contributed by atoms with van der Waals surface area (Å²) in [4.78, 5) is 28.7.